The molecule has 1 heterocycles. The highest BCUT2D eigenvalue weighted by molar-refractivity contribution is 5.99. The first-order chi connectivity index (χ1) is 14.8. The number of amides is 2. The third kappa shape index (κ3) is 5.17. The smallest absolute Gasteiger partial charge is 0.336 e. The average Bonchev–Trinajstić information content (AvgIpc) is 2.73. The second kappa shape index (κ2) is 9.55. The Morgan fingerprint density at radius 3 is 2.35 bits per heavy atom. The Kier molecular flexibility index (Phi) is 6.84. The summed E-state index contributed by atoms with van der Waals surface area (Å²) < 4.78 is 18.6. The summed E-state index contributed by atoms with van der Waals surface area (Å²) in [5.74, 6) is -2.19. The van der Waals surface area contributed by atoms with E-state index in [1.54, 1.807) is 38.1 Å². The highest BCUT2D eigenvalue weighted by atomic mass is 19.1. The van der Waals surface area contributed by atoms with Crippen LogP contribution in [0.4, 0.5) is 10.1 Å². The Labute approximate surface area is 180 Å². The fraction of sp³-hybridized carbons (Fsp3) is 0.292. The normalized spacial score (nSPS) is 16.3. The summed E-state index contributed by atoms with van der Waals surface area (Å²) in [7, 11) is 0. The van der Waals surface area contributed by atoms with E-state index < -0.39 is 17.7 Å². The topological polar surface area (TPSA) is 75.7 Å². The molecule has 2 amide bonds. The van der Waals surface area contributed by atoms with E-state index in [9.17, 15) is 18.8 Å². The Morgan fingerprint density at radius 1 is 1.10 bits per heavy atom. The lowest BCUT2D eigenvalue weighted by atomic mass is 9.83. The lowest BCUT2D eigenvalue weighted by molar-refractivity contribution is -0.140. The third-order valence-electron chi connectivity index (χ3n) is 5.23. The second-order valence-corrected chi connectivity index (χ2v) is 7.42. The van der Waals surface area contributed by atoms with Gasteiger partial charge in [-0.1, -0.05) is 29.8 Å². The molecule has 0 spiro atoms. The van der Waals surface area contributed by atoms with Crippen molar-refractivity contribution in [2.75, 3.05) is 18.5 Å². The van der Waals surface area contributed by atoms with Gasteiger partial charge in [0.15, 0.2) is 0 Å². The molecule has 2 aromatic rings. The van der Waals surface area contributed by atoms with E-state index in [4.69, 9.17) is 4.74 Å². The third-order valence-corrected chi connectivity index (χ3v) is 5.23. The van der Waals surface area contributed by atoms with Crippen molar-refractivity contribution < 1.29 is 23.5 Å². The van der Waals surface area contributed by atoms with E-state index in [1.807, 2.05) is 19.1 Å². The van der Waals surface area contributed by atoms with Gasteiger partial charge >= 0.3 is 5.97 Å². The van der Waals surface area contributed by atoms with Crippen molar-refractivity contribution in [2.45, 2.75) is 33.1 Å². The predicted octanol–water partition coefficient (Wildman–Crippen LogP) is 3.93. The Morgan fingerprint density at radius 2 is 1.74 bits per heavy atom. The Hall–Kier alpha value is -3.48. The molecule has 6 nitrogen and oxygen atoms in total. The zero-order valence-corrected chi connectivity index (χ0v) is 17.8. The molecule has 7 heteroatoms. The van der Waals surface area contributed by atoms with Crippen molar-refractivity contribution in [3.8, 4) is 0 Å². The monoisotopic (exact) mass is 424 g/mol. The van der Waals surface area contributed by atoms with Crippen molar-refractivity contribution >= 4 is 23.5 Å². The maximum atomic E-state index is 13.4. The lowest BCUT2D eigenvalue weighted by Gasteiger charge is -2.34. The van der Waals surface area contributed by atoms with Crippen LogP contribution in [0.3, 0.4) is 0 Å². The van der Waals surface area contributed by atoms with E-state index >= 15 is 0 Å². The Bertz CT molecular complexity index is 1010. The molecular weight excluding hydrogens is 399 g/mol. The number of halogens is 1. The fourth-order valence-electron chi connectivity index (χ4n) is 3.64. The van der Waals surface area contributed by atoms with Gasteiger partial charge in [-0.05, 0) is 50.6 Å². The van der Waals surface area contributed by atoms with Crippen molar-refractivity contribution in [1.29, 1.82) is 0 Å². The second-order valence-electron chi connectivity index (χ2n) is 7.42. The highest BCUT2D eigenvalue weighted by Gasteiger charge is 2.37. The molecule has 0 fully saturated rings. The number of nitrogens with one attached hydrogen (secondary N) is 1. The van der Waals surface area contributed by atoms with Crippen LogP contribution in [0.1, 0.15) is 37.3 Å². The Balaban J connectivity index is 1.88. The molecule has 1 atom stereocenters. The predicted molar refractivity (Wildman–Crippen MR) is 115 cm³/mol. The summed E-state index contributed by atoms with van der Waals surface area (Å²) in [6.07, 6.45) is -0.0189. The van der Waals surface area contributed by atoms with Gasteiger partial charge in [-0.25, -0.2) is 9.18 Å². The number of benzene rings is 2. The number of rotatable bonds is 6. The number of hydrogen-bond donors (Lipinski definition) is 1. The molecule has 0 unspecified atom stereocenters. The van der Waals surface area contributed by atoms with Gasteiger partial charge in [0.05, 0.1) is 12.2 Å². The molecule has 1 N–H and O–H groups in total. The number of esters is 1. The van der Waals surface area contributed by atoms with Crippen molar-refractivity contribution in [3.63, 3.8) is 0 Å². The fourth-order valence-corrected chi connectivity index (χ4v) is 3.64. The van der Waals surface area contributed by atoms with Gasteiger partial charge in [-0.15, -0.1) is 0 Å². The zero-order chi connectivity index (χ0) is 22.5. The van der Waals surface area contributed by atoms with Gasteiger partial charge in [0, 0.05) is 23.7 Å². The van der Waals surface area contributed by atoms with Gasteiger partial charge in [0.1, 0.15) is 12.4 Å². The average molecular weight is 424 g/mol. The van der Waals surface area contributed by atoms with Gasteiger partial charge in [-0.3, -0.25) is 9.59 Å². The molecule has 3 rings (SSSR count). The van der Waals surface area contributed by atoms with Crippen molar-refractivity contribution in [2.24, 2.45) is 0 Å². The van der Waals surface area contributed by atoms with Crippen LogP contribution in [0, 0.1) is 12.7 Å². The molecule has 1 aliphatic heterocycles. The number of carbonyl (C=O) groups excluding carboxylic acids is 3. The van der Waals surface area contributed by atoms with Crippen LogP contribution in [-0.2, 0) is 19.1 Å². The summed E-state index contributed by atoms with van der Waals surface area (Å²) in [4.78, 5) is 39.5. The van der Waals surface area contributed by atoms with Gasteiger partial charge < -0.3 is 15.0 Å². The summed E-state index contributed by atoms with van der Waals surface area (Å²) in [5, 5.41) is 2.76. The first-order valence-electron chi connectivity index (χ1n) is 10.1. The lowest BCUT2D eigenvalue weighted by Crippen LogP contribution is -2.42. The van der Waals surface area contributed by atoms with Crippen LogP contribution in [-0.4, -0.2) is 35.8 Å². The number of carbonyl (C=O) groups is 3. The van der Waals surface area contributed by atoms with E-state index in [0.29, 0.717) is 22.5 Å². The van der Waals surface area contributed by atoms with Crippen LogP contribution in [0.2, 0.25) is 0 Å². The molecule has 31 heavy (non-hydrogen) atoms. The van der Waals surface area contributed by atoms with E-state index in [-0.39, 0.29) is 31.4 Å². The first-order valence-corrected chi connectivity index (χ1v) is 10.1. The minimum Gasteiger partial charge on any atom is -0.463 e. The molecule has 0 bridgehead atoms. The molecular formula is C24H25FN2O4. The number of hydrogen-bond acceptors (Lipinski definition) is 4. The highest BCUT2D eigenvalue weighted by Crippen LogP contribution is 2.37. The molecule has 2 aromatic carbocycles. The van der Waals surface area contributed by atoms with E-state index in [1.165, 1.54) is 17.0 Å². The maximum Gasteiger partial charge on any atom is 0.336 e. The molecule has 0 aromatic heterocycles. The quantitative estimate of drug-likeness (QED) is 0.713. The van der Waals surface area contributed by atoms with E-state index in [0.717, 1.165) is 5.56 Å². The van der Waals surface area contributed by atoms with Gasteiger partial charge in [0.25, 0.3) is 0 Å². The van der Waals surface area contributed by atoms with Gasteiger partial charge in [0.2, 0.25) is 11.8 Å². The summed E-state index contributed by atoms with van der Waals surface area (Å²) in [6.45, 7) is 5.21. The summed E-state index contributed by atoms with van der Waals surface area (Å²) >= 11 is 0. The largest absolute Gasteiger partial charge is 0.463 e. The zero-order valence-electron chi connectivity index (χ0n) is 17.8. The molecule has 0 radical (unpaired) electrons. The summed E-state index contributed by atoms with van der Waals surface area (Å²) in [6, 6.07) is 13.0. The molecule has 0 aliphatic carbocycles. The van der Waals surface area contributed by atoms with Crippen LogP contribution < -0.4 is 5.32 Å². The molecule has 0 saturated heterocycles. The molecule has 162 valence electrons. The number of aryl methyl sites for hydroxylation is 1. The van der Waals surface area contributed by atoms with Crippen LogP contribution >= 0.6 is 0 Å². The first kappa shape index (κ1) is 22.2. The van der Waals surface area contributed by atoms with Crippen LogP contribution in [0.25, 0.3) is 0 Å². The van der Waals surface area contributed by atoms with Crippen molar-refractivity contribution in [3.05, 3.63) is 76.7 Å². The standard InChI is InChI=1S/C24H25FN2O4/c1-4-31-24(30)23-16(3)27(14-21(28)26-19-11-5-15(2)6-12-19)22(29)13-20(23)17-7-9-18(25)10-8-17/h5-12,20H,4,13-14H2,1-3H3,(H,26,28)/t20-/m1/s1. The van der Waals surface area contributed by atoms with Gasteiger partial charge in [-0.2, -0.15) is 0 Å². The number of allylic oxidation sites excluding steroid dienone is 1. The SMILES string of the molecule is CCOC(=O)C1=C(C)N(CC(=O)Nc2ccc(C)cc2)C(=O)C[C@@H]1c1ccc(F)cc1. The number of anilines is 1. The number of nitrogens with zero attached hydrogens (tertiary/aromatic N) is 1. The summed E-state index contributed by atoms with van der Waals surface area (Å²) in [5.41, 5.74) is 2.99. The minimum absolute atomic E-state index is 0.0189. The number of ether oxygens (including phenoxy) is 1. The minimum atomic E-state index is -0.566. The molecule has 1 aliphatic rings. The van der Waals surface area contributed by atoms with Crippen molar-refractivity contribution in [1.82, 2.24) is 4.90 Å². The van der Waals surface area contributed by atoms with Crippen LogP contribution in [0.5, 0.6) is 0 Å². The van der Waals surface area contributed by atoms with Crippen LogP contribution in [0.15, 0.2) is 59.8 Å². The molecule has 0 saturated carbocycles. The van der Waals surface area contributed by atoms with E-state index in [2.05, 4.69) is 5.32 Å². The maximum absolute atomic E-state index is 13.4.